The lowest BCUT2D eigenvalue weighted by molar-refractivity contribution is -0.122. The van der Waals surface area contributed by atoms with Gasteiger partial charge in [-0.25, -0.2) is 9.69 Å². The van der Waals surface area contributed by atoms with Gasteiger partial charge in [-0.3, -0.25) is 14.9 Å². The molecule has 0 aliphatic carbocycles. The molecule has 4 amide bonds. The van der Waals surface area contributed by atoms with E-state index < -0.39 is 17.8 Å². The van der Waals surface area contributed by atoms with E-state index in [4.69, 9.17) is 9.47 Å². The lowest BCUT2D eigenvalue weighted by atomic mass is 10.1. The van der Waals surface area contributed by atoms with Crippen LogP contribution >= 0.6 is 38.5 Å². The van der Waals surface area contributed by atoms with Gasteiger partial charge in [0, 0.05) is 4.47 Å². The average Bonchev–Trinajstić information content (AvgIpc) is 2.91. The van der Waals surface area contributed by atoms with Crippen LogP contribution in [0.4, 0.5) is 10.5 Å². The Morgan fingerprint density at radius 1 is 0.974 bits per heavy atom. The van der Waals surface area contributed by atoms with Crippen molar-refractivity contribution < 1.29 is 23.9 Å². The zero-order chi connectivity index (χ0) is 26.8. The molecule has 9 heteroatoms. The molecule has 1 saturated heterocycles. The number of nitrogens with zero attached hydrogens (tertiary/aromatic N) is 1. The highest BCUT2D eigenvalue weighted by Crippen LogP contribution is 2.36. The van der Waals surface area contributed by atoms with Crippen LogP contribution in [0.25, 0.3) is 16.8 Å². The van der Waals surface area contributed by atoms with Crippen LogP contribution in [0.15, 0.2) is 88.9 Å². The maximum Gasteiger partial charge on any atom is 0.335 e. The average molecular weight is 683 g/mol. The first kappa shape index (κ1) is 25.9. The zero-order valence-electron chi connectivity index (χ0n) is 20.0. The number of amides is 4. The van der Waals surface area contributed by atoms with Gasteiger partial charge in [-0.1, -0.05) is 58.4 Å². The Kier molecular flexibility index (Phi) is 7.48. The minimum absolute atomic E-state index is 0.171. The van der Waals surface area contributed by atoms with E-state index in [-0.39, 0.29) is 5.57 Å². The smallest absolute Gasteiger partial charge is 0.335 e. The third-order valence-electron chi connectivity index (χ3n) is 6.00. The van der Waals surface area contributed by atoms with Crippen molar-refractivity contribution in [2.75, 3.05) is 12.0 Å². The van der Waals surface area contributed by atoms with Crippen LogP contribution in [-0.4, -0.2) is 25.0 Å². The lowest BCUT2D eigenvalue weighted by Gasteiger charge is -2.26. The van der Waals surface area contributed by atoms with Crippen LogP contribution in [-0.2, 0) is 16.2 Å². The molecule has 0 aromatic heterocycles. The van der Waals surface area contributed by atoms with E-state index in [9.17, 15) is 14.4 Å². The Hall–Kier alpha value is -3.70. The number of hydrogen-bond acceptors (Lipinski definition) is 5. The molecule has 4 aromatic rings. The van der Waals surface area contributed by atoms with E-state index in [1.54, 1.807) is 36.4 Å². The second-order valence-corrected chi connectivity index (χ2v) is 10.5. The highest BCUT2D eigenvalue weighted by Gasteiger charge is 2.36. The van der Waals surface area contributed by atoms with Gasteiger partial charge < -0.3 is 9.47 Å². The minimum Gasteiger partial charge on any atom is -0.493 e. The van der Waals surface area contributed by atoms with Crippen molar-refractivity contribution >= 4 is 78.9 Å². The van der Waals surface area contributed by atoms with Crippen LogP contribution in [0.5, 0.6) is 11.5 Å². The number of carbonyl (C=O) groups excluding carboxylic acids is 3. The topological polar surface area (TPSA) is 84.9 Å². The predicted octanol–water partition coefficient (Wildman–Crippen LogP) is 6.46. The largest absolute Gasteiger partial charge is 0.493 e. The number of carbonyl (C=O) groups is 3. The zero-order valence-corrected chi connectivity index (χ0v) is 23.8. The standard InChI is InChI=1S/C29H20BrIN2O5/c1-37-25-15-17(13-23-27(34)32-29(36)33(28(23)35)21-11-9-20(30)10-12-21)14-24(31)26(25)38-16-19-7-4-6-18-5-2-3-8-22(18)19/h2-15H,16H2,1H3,(H,32,34,36). The first-order valence-electron chi connectivity index (χ1n) is 11.5. The van der Waals surface area contributed by atoms with Gasteiger partial charge in [0.1, 0.15) is 12.2 Å². The molecule has 0 saturated carbocycles. The highest BCUT2D eigenvalue weighted by molar-refractivity contribution is 14.1. The molecular formula is C29H20BrIN2O5. The lowest BCUT2D eigenvalue weighted by Crippen LogP contribution is -2.54. The fourth-order valence-corrected chi connectivity index (χ4v) is 5.23. The van der Waals surface area contributed by atoms with Crippen molar-refractivity contribution in [3.63, 3.8) is 0 Å². The second kappa shape index (κ2) is 11.0. The van der Waals surface area contributed by atoms with Crippen LogP contribution in [0, 0.1) is 3.57 Å². The van der Waals surface area contributed by atoms with Gasteiger partial charge in [0.05, 0.1) is 16.4 Å². The number of methoxy groups -OCH3 is 1. The molecule has 5 rings (SSSR count). The Balaban J connectivity index is 1.44. The molecule has 4 aromatic carbocycles. The maximum atomic E-state index is 13.2. The molecule has 1 fully saturated rings. The van der Waals surface area contributed by atoms with E-state index >= 15 is 0 Å². The number of ether oxygens (including phenoxy) is 2. The third kappa shape index (κ3) is 5.16. The van der Waals surface area contributed by atoms with Gasteiger partial charge in [0.15, 0.2) is 11.5 Å². The summed E-state index contributed by atoms with van der Waals surface area (Å²) < 4.78 is 13.3. The summed E-state index contributed by atoms with van der Waals surface area (Å²) in [6.07, 6.45) is 1.44. The van der Waals surface area contributed by atoms with Crippen molar-refractivity contribution in [1.82, 2.24) is 5.32 Å². The quantitative estimate of drug-likeness (QED) is 0.143. The molecule has 1 aliphatic rings. The number of hydrogen-bond donors (Lipinski definition) is 1. The molecule has 190 valence electrons. The van der Waals surface area contributed by atoms with Crippen molar-refractivity contribution in [2.45, 2.75) is 6.61 Å². The van der Waals surface area contributed by atoms with Gasteiger partial charge in [-0.2, -0.15) is 0 Å². The highest BCUT2D eigenvalue weighted by atomic mass is 127. The van der Waals surface area contributed by atoms with E-state index in [0.29, 0.717) is 29.4 Å². The number of anilines is 1. The van der Waals surface area contributed by atoms with E-state index in [1.807, 2.05) is 24.3 Å². The summed E-state index contributed by atoms with van der Waals surface area (Å²) in [5.74, 6) is -0.479. The number of benzene rings is 4. The van der Waals surface area contributed by atoms with Crippen LogP contribution < -0.4 is 19.7 Å². The first-order chi connectivity index (χ1) is 18.4. The van der Waals surface area contributed by atoms with E-state index in [1.165, 1.54) is 13.2 Å². The van der Waals surface area contributed by atoms with Gasteiger partial charge in [0.25, 0.3) is 11.8 Å². The Labute approximate surface area is 240 Å². The minimum atomic E-state index is -0.802. The Bertz CT molecular complexity index is 1610. The summed E-state index contributed by atoms with van der Waals surface area (Å²) >= 11 is 5.47. The van der Waals surface area contributed by atoms with Crippen molar-refractivity contribution in [3.8, 4) is 11.5 Å². The van der Waals surface area contributed by atoms with Crippen LogP contribution in [0.2, 0.25) is 0 Å². The SMILES string of the molecule is COc1cc(C=C2C(=O)NC(=O)N(c3ccc(Br)cc3)C2=O)cc(I)c1OCc1cccc2ccccc12. The van der Waals surface area contributed by atoms with Crippen molar-refractivity contribution in [2.24, 2.45) is 0 Å². The fraction of sp³-hybridized carbons (Fsp3) is 0.0690. The molecule has 0 spiro atoms. The number of imide groups is 2. The number of nitrogens with one attached hydrogen (secondary N) is 1. The summed E-state index contributed by atoms with van der Waals surface area (Å²) in [5.41, 5.74) is 1.76. The maximum absolute atomic E-state index is 13.2. The van der Waals surface area contributed by atoms with Gasteiger partial charge in [-0.15, -0.1) is 0 Å². The number of fused-ring (bicyclic) bond motifs is 1. The summed E-state index contributed by atoms with van der Waals surface area (Å²) in [5, 5.41) is 4.48. The summed E-state index contributed by atoms with van der Waals surface area (Å²) in [6.45, 7) is 0.333. The molecule has 7 nitrogen and oxygen atoms in total. The predicted molar refractivity (Wildman–Crippen MR) is 157 cm³/mol. The molecule has 0 bridgehead atoms. The third-order valence-corrected chi connectivity index (χ3v) is 7.33. The molecule has 1 N–H and O–H groups in total. The number of rotatable bonds is 6. The molecule has 0 unspecified atom stereocenters. The molecule has 1 heterocycles. The molecular weight excluding hydrogens is 663 g/mol. The van der Waals surface area contributed by atoms with Crippen molar-refractivity contribution in [3.05, 3.63) is 104 Å². The molecule has 38 heavy (non-hydrogen) atoms. The van der Waals surface area contributed by atoms with Crippen LogP contribution in [0.1, 0.15) is 11.1 Å². The summed E-state index contributed by atoms with van der Waals surface area (Å²) in [4.78, 5) is 39.2. The van der Waals surface area contributed by atoms with Crippen molar-refractivity contribution in [1.29, 1.82) is 0 Å². The number of barbiturate groups is 1. The number of urea groups is 1. The monoisotopic (exact) mass is 682 g/mol. The second-order valence-electron chi connectivity index (χ2n) is 8.40. The molecule has 1 aliphatic heterocycles. The van der Waals surface area contributed by atoms with Gasteiger partial charge in [0.2, 0.25) is 0 Å². The van der Waals surface area contributed by atoms with E-state index in [0.717, 1.165) is 29.3 Å². The van der Waals surface area contributed by atoms with Gasteiger partial charge in [-0.05, 0) is 87.0 Å². The van der Waals surface area contributed by atoms with E-state index in [2.05, 4.69) is 62.0 Å². The molecule has 0 atom stereocenters. The van der Waals surface area contributed by atoms with Gasteiger partial charge >= 0.3 is 6.03 Å². The fourth-order valence-electron chi connectivity index (χ4n) is 4.18. The summed E-state index contributed by atoms with van der Waals surface area (Å²) in [6, 6.07) is 23.5. The van der Waals surface area contributed by atoms with Crippen LogP contribution in [0.3, 0.4) is 0 Å². The number of halogens is 2. The Morgan fingerprint density at radius 2 is 1.71 bits per heavy atom. The first-order valence-corrected chi connectivity index (χ1v) is 13.4. The Morgan fingerprint density at radius 3 is 2.47 bits per heavy atom. The molecule has 0 radical (unpaired) electrons. The summed E-state index contributed by atoms with van der Waals surface area (Å²) in [7, 11) is 1.53. The normalized spacial score (nSPS) is 14.7.